The highest BCUT2D eigenvalue weighted by Crippen LogP contribution is 2.33. The lowest BCUT2D eigenvalue weighted by molar-refractivity contribution is -0.133. The van der Waals surface area contributed by atoms with Crippen LogP contribution < -0.4 is 5.32 Å². The zero-order valence-corrected chi connectivity index (χ0v) is 20.9. The Hall–Kier alpha value is -2.32. The quantitative estimate of drug-likeness (QED) is 0.704. The Bertz CT molecular complexity index is 1030. The minimum Gasteiger partial charge on any atom is -0.463 e. The normalized spacial score (nSPS) is 28.9. The van der Waals surface area contributed by atoms with Gasteiger partial charge in [-0.3, -0.25) is 9.59 Å². The van der Waals surface area contributed by atoms with Gasteiger partial charge in [0.05, 0.1) is 18.3 Å². The molecule has 34 heavy (non-hydrogen) atoms. The second-order valence-electron chi connectivity index (χ2n) is 10.9. The standard InChI is InChI=1S/C26H39N5O3/c1-19-5-7-20(8-6-19)27-25(33)26(2)18-30-21-9-16-34-23(21)17-22(30)24(32)31(26)11-4-10-29-14-12-28(3)13-15-29/h9,16-17,19-20H,4-8,10-15,18H2,1-3H3,(H,27,33). The van der Waals surface area contributed by atoms with Gasteiger partial charge in [-0.25, -0.2) is 0 Å². The van der Waals surface area contributed by atoms with Crippen LogP contribution in [0.5, 0.6) is 0 Å². The highest BCUT2D eigenvalue weighted by atomic mass is 16.3. The fourth-order valence-electron chi connectivity index (χ4n) is 5.89. The number of rotatable bonds is 6. The summed E-state index contributed by atoms with van der Waals surface area (Å²) in [6, 6.07) is 3.91. The van der Waals surface area contributed by atoms with Crippen molar-refractivity contribution in [1.29, 1.82) is 0 Å². The Labute approximate surface area is 202 Å². The Morgan fingerprint density at radius 3 is 2.62 bits per heavy atom. The van der Waals surface area contributed by atoms with Crippen LogP contribution in [0.3, 0.4) is 0 Å². The van der Waals surface area contributed by atoms with Crippen molar-refractivity contribution in [2.75, 3.05) is 46.3 Å². The van der Waals surface area contributed by atoms with Crippen LogP contribution >= 0.6 is 0 Å². The van der Waals surface area contributed by atoms with Gasteiger partial charge < -0.3 is 29.0 Å². The average molecular weight is 470 g/mol. The number of hydrogen-bond donors (Lipinski definition) is 1. The topological polar surface area (TPSA) is 74.0 Å². The third-order valence-corrected chi connectivity index (χ3v) is 8.34. The summed E-state index contributed by atoms with van der Waals surface area (Å²) < 4.78 is 7.55. The van der Waals surface area contributed by atoms with Gasteiger partial charge in [0.15, 0.2) is 5.58 Å². The van der Waals surface area contributed by atoms with Crippen molar-refractivity contribution in [3.05, 3.63) is 24.1 Å². The van der Waals surface area contributed by atoms with Crippen LogP contribution in [-0.4, -0.2) is 89.0 Å². The SMILES string of the molecule is CC1CCC(NC(=O)C2(C)Cn3c(cc4occc43)C(=O)N2CCCN2CCN(C)CC2)CC1. The zero-order chi connectivity index (χ0) is 23.9. The molecule has 1 saturated carbocycles. The minimum atomic E-state index is -0.932. The number of carbonyl (C=O) groups excluding carboxylic acids is 2. The summed E-state index contributed by atoms with van der Waals surface area (Å²) in [5.74, 6) is 0.616. The number of nitrogens with one attached hydrogen (secondary N) is 1. The van der Waals surface area contributed by atoms with Gasteiger partial charge >= 0.3 is 0 Å². The predicted octanol–water partition coefficient (Wildman–Crippen LogP) is 2.78. The van der Waals surface area contributed by atoms with E-state index in [2.05, 4.69) is 29.1 Å². The van der Waals surface area contributed by atoms with Gasteiger partial charge in [-0.05, 0) is 58.5 Å². The Kier molecular flexibility index (Phi) is 6.46. The molecule has 0 bridgehead atoms. The highest BCUT2D eigenvalue weighted by Gasteiger charge is 2.48. The van der Waals surface area contributed by atoms with Gasteiger partial charge in [-0.2, -0.15) is 0 Å². The summed E-state index contributed by atoms with van der Waals surface area (Å²) in [4.78, 5) is 34.1. The van der Waals surface area contributed by atoms with E-state index in [1.807, 2.05) is 28.5 Å². The molecule has 2 aromatic heterocycles. The Morgan fingerprint density at radius 2 is 1.88 bits per heavy atom. The van der Waals surface area contributed by atoms with Gasteiger partial charge in [0.1, 0.15) is 11.2 Å². The lowest BCUT2D eigenvalue weighted by Gasteiger charge is -2.45. The number of nitrogens with zero attached hydrogens (tertiary/aromatic N) is 4. The maximum atomic E-state index is 13.8. The number of fused-ring (bicyclic) bond motifs is 3. The molecule has 186 valence electrons. The maximum Gasteiger partial charge on any atom is 0.271 e. The largest absolute Gasteiger partial charge is 0.463 e. The molecule has 3 aliphatic rings. The van der Waals surface area contributed by atoms with Gasteiger partial charge in [-0.15, -0.1) is 0 Å². The lowest BCUT2D eigenvalue weighted by atomic mass is 9.86. The molecular formula is C26H39N5O3. The second-order valence-corrected chi connectivity index (χ2v) is 10.9. The molecule has 0 spiro atoms. The molecule has 2 aromatic rings. The smallest absolute Gasteiger partial charge is 0.271 e. The number of amides is 2. The first-order chi connectivity index (χ1) is 16.3. The fourth-order valence-corrected chi connectivity index (χ4v) is 5.89. The Morgan fingerprint density at radius 1 is 1.15 bits per heavy atom. The predicted molar refractivity (Wildman–Crippen MR) is 132 cm³/mol. The Balaban J connectivity index is 1.35. The zero-order valence-electron chi connectivity index (χ0n) is 20.9. The maximum absolute atomic E-state index is 13.8. The molecule has 2 aliphatic heterocycles. The molecule has 1 atom stereocenters. The molecule has 2 amide bonds. The second kappa shape index (κ2) is 9.38. The van der Waals surface area contributed by atoms with Crippen molar-refractivity contribution in [2.45, 2.75) is 64.1 Å². The fraction of sp³-hybridized carbons (Fsp3) is 0.692. The first-order valence-electron chi connectivity index (χ1n) is 13.0. The van der Waals surface area contributed by atoms with Crippen molar-refractivity contribution in [1.82, 2.24) is 24.6 Å². The van der Waals surface area contributed by atoms with Gasteiger partial charge in [0.25, 0.3) is 5.91 Å². The van der Waals surface area contributed by atoms with Crippen LogP contribution in [0.15, 0.2) is 22.8 Å². The number of carbonyl (C=O) groups is 2. The van der Waals surface area contributed by atoms with E-state index in [0.717, 1.165) is 76.3 Å². The molecule has 1 N–H and O–H groups in total. The van der Waals surface area contributed by atoms with Crippen LogP contribution in [0.25, 0.3) is 11.1 Å². The molecule has 1 aliphatic carbocycles. The summed E-state index contributed by atoms with van der Waals surface area (Å²) in [7, 11) is 2.16. The summed E-state index contributed by atoms with van der Waals surface area (Å²) in [6.45, 7) is 10.5. The summed E-state index contributed by atoms with van der Waals surface area (Å²) in [5, 5.41) is 3.32. The number of hydrogen-bond acceptors (Lipinski definition) is 5. The first kappa shape index (κ1) is 23.4. The van der Waals surface area contributed by atoms with Crippen LogP contribution in [0.4, 0.5) is 0 Å². The number of piperazine rings is 1. The number of likely N-dealkylation sites (N-methyl/N-ethyl adjacent to an activating group) is 1. The third-order valence-electron chi connectivity index (χ3n) is 8.34. The summed E-state index contributed by atoms with van der Waals surface area (Å²) >= 11 is 0. The molecule has 4 heterocycles. The molecule has 8 heteroatoms. The molecule has 0 aromatic carbocycles. The number of aromatic nitrogens is 1. The molecule has 1 unspecified atom stereocenters. The van der Waals surface area contributed by atoms with Crippen LogP contribution in [0.1, 0.15) is 56.4 Å². The van der Waals surface area contributed by atoms with Crippen molar-refractivity contribution in [3.8, 4) is 0 Å². The number of furan rings is 1. The molecule has 8 nitrogen and oxygen atoms in total. The van der Waals surface area contributed by atoms with Crippen molar-refractivity contribution < 1.29 is 14.0 Å². The van der Waals surface area contributed by atoms with Gasteiger partial charge in [0.2, 0.25) is 5.91 Å². The summed E-state index contributed by atoms with van der Waals surface area (Å²) in [6.07, 6.45) is 6.82. The molecule has 2 fully saturated rings. The van der Waals surface area contributed by atoms with E-state index in [4.69, 9.17) is 4.42 Å². The van der Waals surface area contributed by atoms with E-state index >= 15 is 0 Å². The minimum absolute atomic E-state index is 0.0315. The monoisotopic (exact) mass is 469 g/mol. The van der Waals surface area contributed by atoms with E-state index in [0.29, 0.717) is 24.4 Å². The van der Waals surface area contributed by atoms with E-state index < -0.39 is 5.54 Å². The first-order valence-corrected chi connectivity index (χ1v) is 13.0. The molecular weight excluding hydrogens is 430 g/mol. The lowest BCUT2D eigenvalue weighted by Crippen LogP contribution is -2.65. The molecule has 1 saturated heterocycles. The van der Waals surface area contributed by atoms with Crippen molar-refractivity contribution >= 4 is 22.9 Å². The third kappa shape index (κ3) is 4.38. The van der Waals surface area contributed by atoms with E-state index in [9.17, 15) is 9.59 Å². The van der Waals surface area contributed by atoms with Gasteiger partial charge in [0, 0.05) is 50.9 Å². The highest BCUT2D eigenvalue weighted by molar-refractivity contribution is 6.02. The summed E-state index contributed by atoms with van der Waals surface area (Å²) in [5.41, 5.74) is 1.27. The van der Waals surface area contributed by atoms with E-state index in [1.54, 1.807) is 6.26 Å². The van der Waals surface area contributed by atoms with Crippen LogP contribution in [-0.2, 0) is 11.3 Å². The molecule has 0 radical (unpaired) electrons. The van der Waals surface area contributed by atoms with Crippen LogP contribution in [0, 0.1) is 5.92 Å². The van der Waals surface area contributed by atoms with E-state index in [-0.39, 0.29) is 17.9 Å². The van der Waals surface area contributed by atoms with E-state index in [1.165, 1.54) is 0 Å². The average Bonchev–Trinajstić information content (AvgIpc) is 3.41. The van der Waals surface area contributed by atoms with Crippen LogP contribution in [0.2, 0.25) is 0 Å². The molecule has 5 rings (SSSR count). The van der Waals surface area contributed by atoms with Gasteiger partial charge in [-0.1, -0.05) is 6.92 Å². The van der Waals surface area contributed by atoms with Crippen molar-refractivity contribution in [3.63, 3.8) is 0 Å². The van der Waals surface area contributed by atoms with Crippen molar-refractivity contribution in [2.24, 2.45) is 5.92 Å².